The zero-order chi connectivity index (χ0) is 29.9. The first-order chi connectivity index (χ1) is 19.9. The predicted octanol–water partition coefficient (Wildman–Crippen LogP) is 7.52. The minimum atomic E-state index is -1.95. The number of amides is 1. The fourth-order valence-corrected chi connectivity index (χ4v) is 8.20. The number of nitrogens with zero attached hydrogens (tertiary/aromatic N) is 2. The first-order valence-corrected chi connectivity index (χ1v) is 18.5. The molecular formula is C31H37ClFN3O4SSi. The second-order valence-corrected chi connectivity index (χ2v) is 19.2. The number of fused-ring (bicyclic) bond motifs is 1. The monoisotopic (exact) mass is 629 g/mol. The van der Waals surface area contributed by atoms with E-state index in [1.807, 2.05) is 18.2 Å². The Balaban J connectivity index is 1.23. The van der Waals surface area contributed by atoms with Crippen LogP contribution in [0.3, 0.4) is 0 Å². The molecule has 1 unspecified atom stereocenters. The summed E-state index contributed by atoms with van der Waals surface area (Å²) in [6, 6.07) is 10.0. The van der Waals surface area contributed by atoms with Gasteiger partial charge in [-0.05, 0) is 72.8 Å². The van der Waals surface area contributed by atoms with E-state index in [1.165, 1.54) is 23.5 Å². The van der Waals surface area contributed by atoms with E-state index in [9.17, 15) is 9.18 Å². The number of hydrogen-bond donors (Lipinski definition) is 1. The number of hydrogen-bond acceptors (Lipinski definition) is 7. The third-order valence-electron chi connectivity index (χ3n) is 9.19. The van der Waals surface area contributed by atoms with E-state index in [-0.39, 0.29) is 35.7 Å². The Morgan fingerprint density at radius 3 is 2.69 bits per heavy atom. The third kappa shape index (κ3) is 5.59. The summed E-state index contributed by atoms with van der Waals surface area (Å²) in [4.78, 5) is 21.4. The van der Waals surface area contributed by atoms with Crippen LogP contribution in [0.15, 0.2) is 42.6 Å². The van der Waals surface area contributed by atoms with E-state index >= 15 is 0 Å². The van der Waals surface area contributed by atoms with Crippen LogP contribution in [0.25, 0.3) is 0 Å². The highest BCUT2D eigenvalue weighted by Crippen LogP contribution is 2.51. The highest BCUT2D eigenvalue weighted by molar-refractivity contribution is 7.15. The maximum Gasteiger partial charge on any atom is 0.236 e. The Morgan fingerprint density at radius 1 is 1.21 bits per heavy atom. The molecule has 1 aliphatic carbocycles. The molecule has 3 heterocycles. The lowest BCUT2D eigenvalue weighted by atomic mass is 9.94. The van der Waals surface area contributed by atoms with Crippen LogP contribution in [0, 0.1) is 5.82 Å². The number of anilines is 1. The van der Waals surface area contributed by atoms with Gasteiger partial charge in [-0.1, -0.05) is 55.8 Å². The number of ether oxygens (including phenoxy) is 2. The van der Waals surface area contributed by atoms with Gasteiger partial charge in [0.2, 0.25) is 12.7 Å². The fourth-order valence-electron chi connectivity index (χ4n) is 5.58. The molecule has 1 aromatic heterocycles. The van der Waals surface area contributed by atoms with Crippen LogP contribution in [0.5, 0.6) is 11.5 Å². The SMILES string of the molecule is CC(C)(C)[Si](C)(C)OC1CCN([C@@H](c2cnc(NC(=O)C3(c4ccc5c(c4)OCO5)CC3)s2)c2ccc(F)cc2Cl)C1. The minimum absolute atomic E-state index is 0.0809. The third-order valence-corrected chi connectivity index (χ3v) is 15.0. The zero-order valence-electron chi connectivity index (χ0n) is 24.6. The molecule has 3 aliphatic rings. The lowest BCUT2D eigenvalue weighted by Crippen LogP contribution is -2.44. The lowest BCUT2D eigenvalue weighted by Gasteiger charge is -2.38. The Kier molecular flexibility index (Phi) is 7.67. The Morgan fingerprint density at radius 2 is 1.98 bits per heavy atom. The van der Waals surface area contributed by atoms with Gasteiger partial charge in [0, 0.05) is 29.2 Å². The van der Waals surface area contributed by atoms with Crippen molar-refractivity contribution in [3.05, 3.63) is 69.4 Å². The quantitative estimate of drug-likeness (QED) is 0.260. The second kappa shape index (κ2) is 10.9. The summed E-state index contributed by atoms with van der Waals surface area (Å²) in [5.74, 6) is 0.911. The smallest absolute Gasteiger partial charge is 0.236 e. The van der Waals surface area contributed by atoms with Gasteiger partial charge in [0.25, 0.3) is 0 Å². The van der Waals surface area contributed by atoms with Gasteiger partial charge in [0.05, 0.1) is 17.6 Å². The molecule has 7 nitrogen and oxygen atoms in total. The Labute approximate surface area is 256 Å². The molecule has 1 saturated heterocycles. The Hall–Kier alpha value is -2.50. The summed E-state index contributed by atoms with van der Waals surface area (Å²) < 4.78 is 31.8. The van der Waals surface area contributed by atoms with Gasteiger partial charge in [-0.2, -0.15) is 0 Å². The molecule has 2 aromatic carbocycles. The van der Waals surface area contributed by atoms with Crippen molar-refractivity contribution in [3.63, 3.8) is 0 Å². The van der Waals surface area contributed by atoms with Crippen molar-refractivity contribution in [2.24, 2.45) is 0 Å². The first-order valence-electron chi connectivity index (χ1n) is 14.4. The van der Waals surface area contributed by atoms with Crippen molar-refractivity contribution >= 4 is 42.3 Å². The Bertz CT molecular complexity index is 1510. The summed E-state index contributed by atoms with van der Waals surface area (Å²) in [6.07, 6.45) is 4.33. The van der Waals surface area contributed by atoms with Gasteiger partial charge in [-0.25, -0.2) is 9.37 Å². The zero-order valence-corrected chi connectivity index (χ0v) is 27.2. The molecule has 1 amide bonds. The maximum absolute atomic E-state index is 14.0. The van der Waals surface area contributed by atoms with Crippen LogP contribution in [0.2, 0.25) is 23.2 Å². The van der Waals surface area contributed by atoms with Crippen molar-refractivity contribution in [1.29, 1.82) is 0 Å². The molecule has 0 bridgehead atoms. The van der Waals surface area contributed by atoms with E-state index in [4.69, 9.17) is 25.5 Å². The van der Waals surface area contributed by atoms with Gasteiger partial charge < -0.3 is 19.2 Å². The van der Waals surface area contributed by atoms with Crippen LogP contribution in [-0.4, -0.2) is 50.1 Å². The van der Waals surface area contributed by atoms with E-state index in [2.05, 4.69) is 49.1 Å². The normalized spacial score (nSPS) is 20.5. The van der Waals surface area contributed by atoms with Gasteiger partial charge >= 0.3 is 0 Å². The summed E-state index contributed by atoms with van der Waals surface area (Å²) in [7, 11) is -1.95. The summed E-state index contributed by atoms with van der Waals surface area (Å²) in [6.45, 7) is 13.0. The standard InChI is InChI=1S/C31H37ClFN3O4SSi/c1-30(2,3)42(4,5)40-21-10-13-36(17-21)27(22-8-7-20(33)15-23(22)32)26-16-34-29(41-26)35-28(37)31(11-12-31)19-6-9-24-25(14-19)39-18-38-24/h6-9,14-16,21,27H,10-13,17-18H2,1-5H3,(H,34,35,37)/t21?,27-/m1/s1. The molecule has 1 saturated carbocycles. The van der Waals surface area contributed by atoms with E-state index in [1.54, 1.807) is 12.3 Å². The molecule has 0 radical (unpaired) electrons. The predicted molar refractivity (Wildman–Crippen MR) is 166 cm³/mol. The molecule has 2 fully saturated rings. The molecule has 0 spiro atoms. The molecule has 42 heavy (non-hydrogen) atoms. The molecule has 1 N–H and O–H groups in total. The highest BCUT2D eigenvalue weighted by Gasteiger charge is 2.52. The number of likely N-dealkylation sites (tertiary alicyclic amines) is 1. The molecule has 6 rings (SSSR count). The number of carbonyl (C=O) groups excluding carboxylic acids is 1. The van der Waals surface area contributed by atoms with E-state index in [0.717, 1.165) is 48.4 Å². The number of halogens is 2. The number of aromatic nitrogens is 1. The largest absolute Gasteiger partial charge is 0.454 e. The van der Waals surface area contributed by atoms with Crippen LogP contribution >= 0.6 is 22.9 Å². The second-order valence-electron chi connectivity index (χ2n) is 13.0. The van der Waals surface area contributed by atoms with Gasteiger partial charge in [0.15, 0.2) is 24.9 Å². The van der Waals surface area contributed by atoms with Crippen molar-refractivity contribution in [2.75, 3.05) is 25.2 Å². The van der Waals surface area contributed by atoms with Gasteiger partial charge in [0.1, 0.15) is 5.82 Å². The van der Waals surface area contributed by atoms with Crippen molar-refractivity contribution in [3.8, 4) is 11.5 Å². The van der Waals surface area contributed by atoms with Crippen LogP contribution in [-0.2, 0) is 14.6 Å². The molecular weight excluding hydrogens is 593 g/mol. The first kappa shape index (κ1) is 29.6. The van der Waals surface area contributed by atoms with E-state index < -0.39 is 13.7 Å². The number of thiazole rings is 1. The average molecular weight is 630 g/mol. The number of carbonyl (C=O) groups is 1. The van der Waals surface area contributed by atoms with Crippen LogP contribution in [0.4, 0.5) is 9.52 Å². The fraction of sp³-hybridized carbons (Fsp3) is 0.484. The molecule has 11 heteroatoms. The minimum Gasteiger partial charge on any atom is -0.454 e. The maximum atomic E-state index is 14.0. The van der Waals surface area contributed by atoms with Crippen molar-refractivity contribution in [1.82, 2.24) is 9.88 Å². The topological polar surface area (TPSA) is 72.9 Å². The van der Waals surface area contributed by atoms with Crippen molar-refractivity contribution < 1.29 is 23.1 Å². The van der Waals surface area contributed by atoms with E-state index in [0.29, 0.717) is 21.7 Å². The summed E-state index contributed by atoms with van der Waals surface area (Å²) >= 11 is 8.05. The van der Waals surface area contributed by atoms with Gasteiger partial charge in [-0.3, -0.25) is 9.69 Å². The molecule has 224 valence electrons. The van der Waals surface area contributed by atoms with Gasteiger partial charge in [-0.15, -0.1) is 0 Å². The lowest BCUT2D eigenvalue weighted by molar-refractivity contribution is -0.118. The summed E-state index contributed by atoms with van der Waals surface area (Å²) in [5, 5.41) is 4.08. The number of benzene rings is 2. The van der Waals surface area contributed by atoms with Crippen LogP contribution < -0.4 is 14.8 Å². The van der Waals surface area contributed by atoms with Crippen molar-refractivity contribution in [2.45, 2.75) is 75.7 Å². The molecule has 2 aliphatic heterocycles. The molecule has 2 atom stereocenters. The number of rotatable bonds is 8. The average Bonchev–Trinajstić information content (AvgIpc) is 3.22. The van der Waals surface area contributed by atoms with Crippen LogP contribution in [0.1, 0.15) is 62.1 Å². The number of nitrogens with one attached hydrogen (secondary N) is 1. The molecule has 3 aromatic rings. The highest BCUT2D eigenvalue weighted by atomic mass is 35.5. The summed E-state index contributed by atoms with van der Waals surface area (Å²) in [5.41, 5.74) is 1.13.